The Morgan fingerprint density at radius 2 is 1.73 bits per heavy atom. The minimum absolute atomic E-state index is 0.0342. The van der Waals surface area contributed by atoms with Crippen molar-refractivity contribution in [1.82, 2.24) is 15.1 Å². The highest BCUT2D eigenvalue weighted by molar-refractivity contribution is 7.20. The molecule has 6 rings (SSSR count). The van der Waals surface area contributed by atoms with Gasteiger partial charge in [0.05, 0.1) is 16.3 Å². The van der Waals surface area contributed by atoms with Gasteiger partial charge >= 0.3 is 6.03 Å². The van der Waals surface area contributed by atoms with Crippen molar-refractivity contribution in [3.63, 3.8) is 0 Å². The number of phenolic OH excluding ortho intramolecular Hbond substituents is 1. The number of hydrogen-bond donors (Lipinski definition) is 3. The van der Waals surface area contributed by atoms with Gasteiger partial charge in [-0.3, -0.25) is 4.79 Å². The van der Waals surface area contributed by atoms with Crippen molar-refractivity contribution in [2.24, 2.45) is 0 Å². The molecule has 2 aromatic heterocycles. The molecule has 1 fully saturated rings. The van der Waals surface area contributed by atoms with Gasteiger partial charge in [0.1, 0.15) is 5.75 Å². The summed E-state index contributed by atoms with van der Waals surface area (Å²) < 4.78 is 2.50. The van der Waals surface area contributed by atoms with Crippen LogP contribution < -0.4 is 10.6 Å². The maximum Gasteiger partial charge on any atom is 0.342 e. The van der Waals surface area contributed by atoms with Crippen molar-refractivity contribution in [2.45, 2.75) is 38.0 Å². The molecular weight excluding hydrogens is 520 g/mol. The van der Waals surface area contributed by atoms with Crippen LogP contribution in [0.5, 0.6) is 5.75 Å². The minimum atomic E-state index is -0.280. The normalized spacial score (nSPS) is 13.5. The third kappa shape index (κ3) is 5.49. The van der Waals surface area contributed by atoms with E-state index >= 15 is 0 Å². The maximum absolute atomic E-state index is 13.3. The highest BCUT2D eigenvalue weighted by Crippen LogP contribution is 2.38. The Hall–Kier alpha value is -4.43. The number of benzene rings is 3. The van der Waals surface area contributed by atoms with Crippen LogP contribution in [0.2, 0.25) is 0 Å². The van der Waals surface area contributed by atoms with Crippen LogP contribution in [0.25, 0.3) is 21.3 Å². The van der Waals surface area contributed by atoms with Gasteiger partial charge < -0.3 is 15.7 Å². The Labute approximate surface area is 236 Å². The molecular formula is C32H30N4O3S. The molecule has 8 heteroatoms. The largest absolute Gasteiger partial charge is 0.507 e. The molecule has 0 bridgehead atoms. The van der Waals surface area contributed by atoms with Gasteiger partial charge in [0.2, 0.25) is 0 Å². The lowest BCUT2D eigenvalue weighted by Gasteiger charge is -2.12. The Morgan fingerprint density at radius 3 is 2.52 bits per heavy atom. The number of thiophene rings is 1. The average Bonchev–Trinajstić information content (AvgIpc) is 3.74. The predicted molar refractivity (Wildman–Crippen MR) is 159 cm³/mol. The zero-order valence-electron chi connectivity index (χ0n) is 22.0. The first-order valence-electron chi connectivity index (χ1n) is 13.6. The van der Waals surface area contributed by atoms with Crippen molar-refractivity contribution in [3.05, 3.63) is 101 Å². The average molecular weight is 551 g/mol. The van der Waals surface area contributed by atoms with E-state index in [1.54, 1.807) is 18.2 Å². The van der Waals surface area contributed by atoms with Crippen LogP contribution in [0.1, 0.15) is 52.5 Å². The van der Waals surface area contributed by atoms with Gasteiger partial charge in [0, 0.05) is 28.4 Å². The molecule has 2 heterocycles. The van der Waals surface area contributed by atoms with Gasteiger partial charge in [-0.15, -0.1) is 11.3 Å². The first-order valence-corrected chi connectivity index (χ1v) is 14.4. The molecule has 202 valence electrons. The molecule has 0 aliphatic heterocycles. The molecule has 0 spiro atoms. The summed E-state index contributed by atoms with van der Waals surface area (Å²) in [5.41, 5.74) is 3.50. The van der Waals surface area contributed by atoms with Crippen LogP contribution in [-0.2, 0) is 6.42 Å². The Kier molecular flexibility index (Phi) is 7.33. The number of nitrogens with one attached hydrogen (secondary N) is 2. The van der Waals surface area contributed by atoms with Gasteiger partial charge in [-0.05, 0) is 66.6 Å². The number of aromatic hydroxyl groups is 1. The molecule has 0 saturated heterocycles. The van der Waals surface area contributed by atoms with Crippen LogP contribution in [-0.4, -0.2) is 33.4 Å². The highest BCUT2D eigenvalue weighted by atomic mass is 32.1. The van der Waals surface area contributed by atoms with Crippen molar-refractivity contribution in [3.8, 4) is 17.0 Å². The molecule has 1 saturated carbocycles. The van der Waals surface area contributed by atoms with Crippen LogP contribution >= 0.6 is 11.3 Å². The molecule has 0 unspecified atom stereocenters. The second-order valence-electron chi connectivity index (χ2n) is 10.1. The van der Waals surface area contributed by atoms with E-state index in [0.29, 0.717) is 28.4 Å². The summed E-state index contributed by atoms with van der Waals surface area (Å²) in [6.45, 7) is 0.493. The van der Waals surface area contributed by atoms with Crippen molar-refractivity contribution >= 4 is 39.0 Å². The maximum atomic E-state index is 13.3. The summed E-state index contributed by atoms with van der Waals surface area (Å²) in [4.78, 5) is 26.9. The number of rotatable bonds is 7. The summed E-state index contributed by atoms with van der Waals surface area (Å²) >= 11 is 1.43. The van der Waals surface area contributed by atoms with Gasteiger partial charge in [-0.1, -0.05) is 61.4 Å². The lowest BCUT2D eigenvalue weighted by Crippen LogP contribution is -2.32. The van der Waals surface area contributed by atoms with E-state index in [2.05, 4.69) is 15.7 Å². The number of fused-ring (bicyclic) bond motifs is 1. The molecule has 0 radical (unpaired) electrons. The number of hydrogen-bond acceptors (Lipinski definition) is 5. The number of carbonyl (C=O) groups excluding carboxylic acids is 2. The van der Waals surface area contributed by atoms with Crippen LogP contribution in [0.15, 0.2) is 84.9 Å². The second kappa shape index (κ2) is 11.4. The third-order valence-electron chi connectivity index (χ3n) is 7.42. The number of nitrogens with zero attached hydrogens (tertiary/aromatic N) is 2. The van der Waals surface area contributed by atoms with E-state index in [4.69, 9.17) is 0 Å². The lowest BCUT2D eigenvalue weighted by atomic mass is 10.0. The Balaban J connectivity index is 1.24. The van der Waals surface area contributed by atoms with Crippen LogP contribution in [0.3, 0.4) is 0 Å². The van der Waals surface area contributed by atoms with Gasteiger partial charge in [0.15, 0.2) is 0 Å². The third-order valence-corrected chi connectivity index (χ3v) is 8.53. The zero-order chi connectivity index (χ0) is 27.5. The molecule has 3 N–H and O–H groups in total. The second-order valence-corrected chi connectivity index (χ2v) is 11.2. The summed E-state index contributed by atoms with van der Waals surface area (Å²) in [6, 6.07) is 26.3. The fourth-order valence-corrected chi connectivity index (χ4v) is 6.30. The first kappa shape index (κ1) is 25.8. The molecule has 3 aromatic carbocycles. The van der Waals surface area contributed by atoms with Gasteiger partial charge in [0.25, 0.3) is 5.91 Å². The monoisotopic (exact) mass is 550 g/mol. The summed E-state index contributed by atoms with van der Waals surface area (Å²) in [5.74, 6) is 0.0545. The summed E-state index contributed by atoms with van der Waals surface area (Å²) in [6.07, 6.45) is 4.96. The van der Waals surface area contributed by atoms with Crippen molar-refractivity contribution in [1.29, 1.82) is 0 Å². The van der Waals surface area contributed by atoms with E-state index in [-0.39, 0.29) is 23.6 Å². The summed E-state index contributed by atoms with van der Waals surface area (Å²) in [7, 11) is 0. The van der Waals surface area contributed by atoms with Crippen LogP contribution in [0, 0.1) is 0 Å². The number of aromatic nitrogens is 2. The zero-order valence-corrected chi connectivity index (χ0v) is 22.8. The van der Waals surface area contributed by atoms with Gasteiger partial charge in [-0.2, -0.15) is 9.78 Å². The van der Waals surface area contributed by atoms with E-state index in [1.165, 1.54) is 16.0 Å². The Morgan fingerprint density at radius 1 is 0.950 bits per heavy atom. The minimum Gasteiger partial charge on any atom is -0.507 e. The van der Waals surface area contributed by atoms with Crippen molar-refractivity contribution < 1.29 is 14.7 Å². The number of carbonyl (C=O) groups is 2. The highest BCUT2D eigenvalue weighted by Gasteiger charge is 2.26. The lowest BCUT2D eigenvalue weighted by molar-refractivity contribution is 0.103. The fraction of sp³-hybridized carbons (Fsp3) is 0.219. The smallest absolute Gasteiger partial charge is 0.342 e. The molecule has 40 heavy (non-hydrogen) atoms. The molecule has 5 aromatic rings. The van der Waals surface area contributed by atoms with E-state index in [1.807, 2.05) is 66.7 Å². The number of anilines is 1. The van der Waals surface area contributed by atoms with E-state index in [9.17, 15) is 14.7 Å². The van der Waals surface area contributed by atoms with E-state index < -0.39 is 0 Å². The molecule has 2 amide bonds. The number of amides is 2. The fourth-order valence-electron chi connectivity index (χ4n) is 5.34. The Bertz CT molecular complexity index is 1640. The van der Waals surface area contributed by atoms with Crippen LogP contribution in [0.4, 0.5) is 10.5 Å². The quantitative estimate of drug-likeness (QED) is 0.187. The van der Waals surface area contributed by atoms with Crippen molar-refractivity contribution in [2.75, 3.05) is 11.9 Å². The first-order chi connectivity index (χ1) is 19.5. The van der Waals surface area contributed by atoms with Gasteiger partial charge in [-0.25, -0.2) is 4.79 Å². The number of phenols is 1. The summed E-state index contributed by atoms with van der Waals surface area (Å²) in [5, 5.41) is 22.4. The molecule has 1 aliphatic carbocycles. The SMILES string of the molecule is O=C(Nc1ccc(O)c(-c2cc(C3CCCC3)n(C(=O)NCCc3ccccc3)n2)c1)c1cc2ccccc2s1. The predicted octanol–water partition coefficient (Wildman–Crippen LogP) is 7.18. The topological polar surface area (TPSA) is 96.2 Å². The molecule has 0 atom stereocenters. The molecule has 1 aliphatic rings. The van der Waals surface area contributed by atoms with E-state index in [0.717, 1.165) is 53.4 Å². The standard InChI is InChI=1S/C32H30N4O3S/c37-28-15-14-24(34-31(38)30-18-23-12-6-7-13-29(23)40-30)19-25(28)26-20-27(22-10-4-5-11-22)36(35-26)32(39)33-17-16-21-8-2-1-3-9-21/h1-3,6-9,12-15,18-20,22,37H,4-5,10-11,16-17H2,(H,33,39)(H,34,38). The molecule has 7 nitrogen and oxygen atoms in total.